The number of rotatable bonds is 6. The molecule has 3 atom stereocenters. The Morgan fingerprint density at radius 1 is 1.43 bits per heavy atom. The summed E-state index contributed by atoms with van der Waals surface area (Å²) in [5.41, 5.74) is 7.80. The lowest BCUT2D eigenvalue weighted by Crippen LogP contribution is -2.38. The van der Waals surface area contributed by atoms with Gasteiger partial charge in [-0.1, -0.05) is 13.8 Å². The van der Waals surface area contributed by atoms with Gasteiger partial charge in [-0.05, 0) is 19.1 Å². The molecule has 0 heterocycles. The summed E-state index contributed by atoms with van der Waals surface area (Å²) in [7, 11) is 0. The molecule has 0 radical (unpaired) electrons. The van der Waals surface area contributed by atoms with Gasteiger partial charge in [-0.2, -0.15) is 11.8 Å². The molecular formula is C9H21N3OS. The molecule has 5 heteroatoms. The Balaban J connectivity index is 3.72. The second-order valence-electron chi connectivity index (χ2n) is 3.64. The zero-order chi connectivity index (χ0) is 11.1. The third-order valence-corrected chi connectivity index (χ3v) is 3.62. The number of hydrogen-bond acceptors (Lipinski definition) is 4. The van der Waals surface area contributed by atoms with Crippen LogP contribution < -0.4 is 17.0 Å². The highest BCUT2D eigenvalue weighted by atomic mass is 32.2. The summed E-state index contributed by atoms with van der Waals surface area (Å²) >= 11 is 1.76. The summed E-state index contributed by atoms with van der Waals surface area (Å²) in [5.74, 6) is 5.88. The number of hydrazine groups is 1. The zero-order valence-corrected chi connectivity index (χ0v) is 9.93. The Labute approximate surface area is 90.1 Å². The first-order valence-electron chi connectivity index (χ1n) is 4.86. The molecule has 0 fully saturated rings. The fraction of sp³-hybridized carbons (Fsp3) is 0.889. The zero-order valence-electron chi connectivity index (χ0n) is 9.12. The molecule has 0 bridgehead atoms. The molecular weight excluding hydrogens is 198 g/mol. The van der Waals surface area contributed by atoms with Crippen LogP contribution in [0, 0.1) is 5.92 Å². The van der Waals surface area contributed by atoms with Crippen LogP contribution in [0.3, 0.4) is 0 Å². The largest absolute Gasteiger partial charge is 0.328 e. The second-order valence-corrected chi connectivity index (χ2v) is 5.12. The van der Waals surface area contributed by atoms with Crippen LogP contribution in [0.1, 0.15) is 27.2 Å². The van der Waals surface area contributed by atoms with Crippen LogP contribution in [0.25, 0.3) is 0 Å². The van der Waals surface area contributed by atoms with Crippen molar-refractivity contribution in [1.82, 2.24) is 5.43 Å². The van der Waals surface area contributed by atoms with Crippen LogP contribution in [-0.2, 0) is 4.79 Å². The quantitative estimate of drug-likeness (QED) is 0.345. The van der Waals surface area contributed by atoms with Gasteiger partial charge >= 0.3 is 0 Å². The molecule has 4 nitrogen and oxygen atoms in total. The van der Waals surface area contributed by atoms with Gasteiger partial charge in [0.2, 0.25) is 5.91 Å². The first-order valence-corrected chi connectivity index (χ1v) is 5.91. The Bertz CT molecular complexity index is 175. The van der Waals surface area contributed by atoms with E-state index in [0.29, 0.717) is 0 Å². The van der Waals surface area contributed by atoms with Gasteiger partial charge in [0.1, 0.15) is 0 Å². The monoisotopic (exact) mass is 219 g/mol. The molecule has 0 rings (SSSR count). The van der Waals surface area contributed by atoms with Gasteiger partial charge in [0.15, 0.2) is 0 Å². The molecule has 0 aromatic heterocycles. The number of nitrogens with one attached hydrogen (secondary N) is 1. The maximum Gasteiger partial charge on any atom is 0.237 e. The average molecular weight is 219 g/mol. The number of amides is 1. The van der Waals surface area contributed by atoms with Crippen molar-refractivity contribution in [3.05, 3.63) is 0 Å². The summed E-state index contributed by atoms with van der Waals surface area (Å²) < 4.78 is 0. The lowest BCUT2D eigenvalue weighted by molar-refractivity contribution is -0.124. The van der Waals surface area contributed by atoms with E-state index in [9.17, 15) is 4.79 Å². The van der Waals surface area contributed by atoms with Crippen LogP contribution in [0.15, 0.2) is 0 Å². The number of carbonyl (C=O) groups excluding carboxylic acids is 1. The third-order valence-electron chi connectivity index (χ3n) is 2.21. The van der Waals surface area contributed by atoms with Crippen molar-refractivity contribution in [3.8, 4) is 0 Å². The number of nitrogens with two attached hydrogens (primary N) is 2. The van der Waals surface area contributed by atoms with Crippen molar-refractivity contribution >= 4 is 17.7 Å². The molecule has 1 amide bonds. The van der Waals surface area contributed by atoms with E-state index < -0.39 is 0 Å². The summed E-state index contributed by atoms with van der Waals surface area (Å²) in [6.45, 7) is 5.90. The minimum absolute atomic E-state index is 0.0573. The van der Waals surface area contributed by atoms with E-state index in [2.05, 4.69) is 5.43 Å². The molecule has 0 aliphatic rings. The van der Waals surface area contributed by atoms with Crippen LogP contribution in [0.5, 0.6) is 0 Å². The fourth-order valence-corrected chi connectivity index (χ4v) is 2.22. The van der Waals surface area contributed by atoms with E-state index in [1.807, 2.05) is 20.8 Å². The van der Waals surface area contributed by atoms with Gasteiger partial charge in [0, 0.05) is 17.2 Å². The highest BCUT2D eigenvalue weighted by Crippen LogP contribution is 2.20. The predicted octanol–water partition coefficient (Wildman–Crippen LogP) is 0.471. The first-order chi connectivity index (χ1) is 6.49. The maximum atomic E-state index is 11.2. The second kappa shape index (κ2) is 7.09. The van der Waals surface area contributed by atoms with E-state index >= 15 is 0 Å². The molecule has 0 aliphatic carbocycles. The van der Waals surface area contributed by atoms with Crippen LogP contribution in [0.4, 0.5) is 0 Å². The Hall–Kier alpha value is -0.260. The molecule has 3 unspecified atom stereocenters. The lowest BCUT2D eigenvalue weighted by Gasteiger charge is -2.18. The molecule has 84 valence electrons. The van der Waals surface area contributed by atoms with Gasteiger partial charge in [0.05, 0.1) is 0 Å². The molecule has 0 aromatic rings. The van der Waals surface area contributed by atoms with E-state index in [4.69, 9.17) is 11.6 Å². The Morgan fingerprint density at radius 2 is 2.00 bits per heavy atom. The topological polar surface area (TPSA) is 81.1 Å². The minimum Gasteiger partial charge on any atom is -0.328 e. The SMILES string of the molecule is CC(N)CCSC(C)C(C)C(=O)NN. The standard InChI is InChI=1S/C9H21N3OS/c1-6(10)4-5-14-8(3)7(2)9(13)12-11/h6-8H,4-5,10-11H2,1-3H3,(H,12,13). The van der Waals surface area contributed by atoms with Crippen molar-refractivity contribution in [2.75, 3.05) is 5.75 Å². The van der Waals surface area contributed by atoms with Crippen LogP contribution in [-0.4, -0.2) is 23.0 Å². The number of thioether (sulfide) groups is 1. The van der Waals surface area contributed by atoms with E-state index in [1.54, 1.807) is 11.8 Å². The van der Waals surface area contributed by atoms with Crippen molar-refractivity contribution in [3.63, 3.8) is 0 Å². The molecule has 5 N–H and O–H groups in total. The van der Waals surface area contributed by atoms with E-state index in [1.165, 1.54) is 0 Å². The smallest absolute Gasteiger partial charge is 0.237 e. The van der Waals surface area contributed by atoms with Crippen molar-refractivity contribution < 1.29 is 4.79 Å². The molecule has 0 aliphatic heterocycles. The summed E-state index contributed by atoms with van der Waals surface area (Å²) in [6.07, 6.45) is 0.978. The van der Waals surface area contributed by atoms with E-state index in [-0.39, 0.29) is 23.1 Å². The Kier molecular flexibility index (Phi) is 6.96. The van der Waals surface area contributed by atoms with Gasteiger partial charge < -0.3 is 5.73 Å². The van der Waals surface area contributed by atoms with Crippen LogP contribution >= 0.6 is 11.8 Å². The minimum atomic E-state index is -0.106. The maximum absolute atomic E-state index is 11.2. The summed E-state index contributed by atoms with van der Waals surface area (Å²) in [5, 5.41) is 0.275. The third kappa shape index (κ3) is 5.47. The highest BCUT2D eigenvalue weighted by molar-refractivity contribution is 7.99. The van der Waals surface area contributed by atoms with Crippen molar-refractivity contribution in [2.45, 2.75) is 38.5 Å². The fourth-order valence-electron chi connectivity index (χ4n) is 0.929. The predicted molar refractivity (Wildman–Crippen MR) is 61.7 cm³/mol. The first kappa shape index (κ1) is 13.7. The van der Waals surface area contributed by atoms with Gasteiger partial charge in [-0.25, -0.2) is 5.84 Å². The normalized spacial score (nSPS) is 17.2. The number of carbonyl (C=O) groups is 1. The number of hydrogen-bond donors (Lipinski definition) is 3. The molecule has 0 spiro atoms. The van der Waals surface area contributed by atoms with Gasteiger partial charge in [0.25, 0.3) is 0 Å². The Morgan fingerprint density at radius 3 is 2.43 bits per heavy atom. The lowest BCUT2D eigenvalue weighted by atomic mass is 10.1. The van der Waals surface area contributed by atoms with Crippen molar-refractivity contribution in [1.29, 1.82) is 0 Å². The summed E-state index contributed by atoms with van der Waals surface area (Å²) in [4.78, 5) is 11.2. The van der Waals surface area contributed by atoms with Crippen LogP contribution in [0.2, 0.25) is 0 Å². The molecule has 14 heavy (non-hydrogen) atoms. The molecule has 0 aromatic carbocycles. The van der Waals surface area contributed by atoms with E-state index in [0.717, 1.165) is 12.2 Å². The summed E-state index contributed by atoms with van der Waals surface area (Å²) in [6, 6.07) is 0.230. The average Bonchev–Trinajstić information content (AvgIpc) is 2.14. The molecule has 0 saturated carbocycles. The van der Waals surface area contributed by atoms with Gasteiger partial charge in [-0.15, -0.1) is 0 Å². The highest BCUT2D eigenvalue weighted by Gasteiger charge is 2.19. The van der Waals surface area contributed by atoms with Crippen molar-refractivity contribution in [2.24, 2.45) is 17.5 Å². The van der Waals surface area contributed by atoms with Gasteiger partial charge in [-0.3, -0.25) is 10.2 Å². The molecule has 0 saturated heterocycles.